The van der Waals surface area contributed by atoms with Crippen LogP contribution in [-0.4, -0.2) is 18.3 Å². The van der Waals surface area contributed by atoms with Crippen molar-refractivity contribution in [3.63, 3.8) is 0 Å². The first-order valence-electron chi connectivity index (χ1n) is 38.5. The van der Waals surface area contributed by atoms with Gasteiger partial charge in [0.15, 0.2) is 0 Å². The van der Waals surface area contributed by atoms with Crippen LogP contribution in [0.1, 0.15) is 0 Å². The predicted molar refractivity (Wildman–Crippen MR) is 474 cm³/mol. The molecule has 0 aliphatic carbocycles. The van der Waals surface area contributed by atoms with Gasteiger partial charge in [-0.25, -0.2) is 0 Å². The largest absolute Gasteiger partial charge is 0.309 e. The van der Waals surface area contributed by atoms with Gasteiger partial charge in [-0.1, -0.05) is 322 Å². The monoisotopic (exact) mass is 1420 g/mol. The lowest BCUT2D eigenvalue weighted by molar-refractivity contribution is 1.18. The summed E-state index contributed by atoms with van der Waals surface area (Å²) in [5, 5.41) is 9.98. The van der Waals surface area contributed by atoms with Crippen LogP contribution in [-0.2, 0) is 0 Å². The quantitative estimate of drug-likeness (QED) is 0.116. The smallest absolute Gasteiger partial charge is 0.0547 e. The summed E-state index contributed by atoms with van der Waals surface area (Å²) in [6, 6.07) is 159. The van der Waals surface area contributed by atoms with Crippen LogP contribution in [0.25, 0.3) is 199 Å². The molecule has 22 rings (SSSR count). The van der Waals surface area contributed by atoms with Crippen molar-refractivity contribution in [1.29, 1.82) is 0 Å². The minimum absolute atomic E-state index is 1.15. The Morgan fingerprint density at radius 3 is 0.741 bits per heavy atom. The lowest BCUT2D eigenvalue weighted by atomic mass is 9.94. The highest BCUT2D eigenvalue weighted by atomic mass is 15.0. The molecule has 0 atom stereocenters. The van der Waals surface area contributed by atoms with E-state index in [1.54, 1.807) is 0 Å². The highest BCUT2D eigenvalue weighted by molar-refractivity contribution is 6.15. The number of para-hydroxylation sites is 4. The second-order valence-electron chi connectivity index (χ2n) is 29.1. The van der Waals surface area contributed by atoms with Crippen LogP contribution in [0.2, 0.25) is 0 Å². The molecule has 4 heteroatoms. The zero-order valence-corrected chi connectivity index (χ0v) is 61.4. The second-order valence-corrected chi connectivity index (χ2v) is 29.1. The van der Waals surface area contributed by atoms with Gasteiger partial charge in [-0.05, 0) is 204 Å². The van der Waals surface area contributed by atoms with Crippen LogP contribution < -0.4 is 0 Å². The molecule has 524 valence electrons. The summed E-state index contributed by atoms with van der Waals surface area (Å²) in [7, 11) is 0. The van der Waals surface area contributed by atoms with Gasteiger partial charge in [0.05, 0.1) is 44.1 Å². The Bertz CT molecular complexity index is 7360. The molecule has 0 aliphatic rings. The molecule has 0 radical (unpaired) electrons. The second kappa shape index (κ2) is 27.7. The molecule has 22 aromatic rings. The molecule has 0 aliphatic heterocycles. The molecule has 4 heterocycles. The van der Waals surface area contributed by atoms with Crippen LogP contribution in [0.15, 0.2) is 437 Å². The fourth-order valence-electron chi connectivity index (χ4n) is 17.4. The van der Waals surface area contributed by atoms with Crippen LogP contribution in [0.3, 0.4) is 0 Å². The predicted octanol–water partition coefficient (Wildman–Crippen LogP) is 29.1. The van der Waals surface area contributed by atoms with E-state index in [1.165, 1.54) is 176 Å². The van der Waals surface area contributed by atoms with E-state index < -0.39 is 0 Å². The van der Waals surface area contributed by atoms with E-state index in [1.807, 2.05) is 0 Å². The molecule has 0 saturated heterocycles. The summed E-state index contributed by atoms with van der Waals surface area (Å²) in [4.78, 5) is 0. The molecular formula is C108H72N4. The number of benzene rings is 18. The molecule has 0 fully saturated rings. The zero-order chi connectivity index (χ0) is 74.0. The van der Waals surface area contributed by atoms with E-state index in [9.17, 15) is 0 Å². The van der Waals surface area contributed by atoms with Crippen molar-refractivity contribution in [1.82, 2.24) is 18.3 Å². The van der Waals surface area contributed by atoms with E-state index in [-0.39, 0.29) is 0 Å². The third-order valence-electron chi connectivity index (χ3n) is 22.6. The van der Waals surface area contributed by atoms with Gasteiger partial charge in [-0.2, -0.15) is 0 Å². The summed E-state index contributed by atoms with van der Waals surface area (Å²) in [6.07, 6.45) is 0. The Hall–Kier alpha value is -14.8. The zero-order valence-electron chi connectivity index (χ0n) is 61.4. The maximum atomic E-state index is 2.42. The number of fused-ring (bicyclic) bond motifs is 12. The Balaban J connectivity index is 0.000000141. The summed E-state index contributed by atoms with van der Waals surface area (Å²) < 4.78 is 9.69. The van der Waals surface area contributed by atoms with Gasteiger partial charge in [0.2, 0.25) is 0 Å². The molecule has 0 unspecified atom stereocenters. The lowest BCUT2D eigenvalue weighted by Gasteiger charge is -2.13. The Morgan fingerprint density at radius 1 is 0.107 bits per heavy atom. The Kier molecular flexibility index (Phi) is 16.2. The van der Waals surface area contributed by atoms with Gasteiger partial charge in [0.1, 0.15) is 0 Å². The van der Waals surface area contributed by atoms with E-state index in [4.69, 9.17) is 0 Å². The normalized spacial score (nSPS) is 11.6. The van der Waals surface area contributed by atoms with Crippen LogP contribution >= 0.6 is 0 Å². The average molecular weight is 1430 g/mol. The van der Waals surface area contributed by atoms with Crippen molar-refractivity contribution in [2.24, 2.45) is 0 Å². The molecule has 112 heavy (non-hydrogen) atoms. The first-order valence-corrected chi connectivity index (χ1v) is 38.5. The molecular weight excluding hydrogens is 1350 g/mol. The summed E-state index contributed by atoms with van der Waals surface area (Å²) in [5.41, 5.74) is 33.5. The van der Waals surface area contributed by atoms with Gasteiger partial charge in [0, 0.05) is 65.8 Å². The maximum Gasteiger partial charge on any atom is 0.0547 e. The van der Waals surface area contributed by atoms with Crippen molar-refractivity contribution in [2.75, 3.05) is 0 Å². The summed E-state index contributed by atoms with van der Waals surface area (Å²) in [6.45, 7) is 0. The highest BCUT2D eigenvalue weighted by Gasteiger charge is 2.21. The highest BCUT2D eigenvalue weighted by Crippen LogP contribution is 2.44. The van der Waals surface area contributed by atoms with Gasteiger partial charge in [-0.15, -0.1) is 0 Å². The Morgan fingerprint density at radius 2 is 0.339 bits per heavy atom. The number of rotatable bonds is 12. The fraction of sp³-hybridized carbons (Fsp3) is 0. The lowest BCUT2D eigenvalue weighted by Crippen LogP contribution is -1.95. The fourth-order valence-corrected chi connectivity index (χ4v) is 17.4. The van der Waals surface area contributed by atoms with Gasteiger partial charge in [-0.3, -0.25) is 0 Å². The van der Waals surface area contributed by atoms with Crippen LogP contribution in [0.4, 0.5) is 0 Å². The topological polar surface area (TPSA) is 19.7 Å². The van der Waals surface area contributed by atoms with E-state index in [0.717, 1.165) is 22.7 Å². The maximum absolute atomic E-state index is 2.42. The van der Waals surface area contributed by atoms with Gasteiger partial charge in [0.25, 0.3) is 0 Å². The van der Waals surface area contributed by atoms with Crippen LogP contribution in [0, 0.1) is 0 Å². The first-order chi connectivity index (χ1) is 55.5. The first kappa shape index (κ1) is 65.5. The molecule has 0 N–H and O–H groups in total. The molecule has 0 saturated carbocycles. The van der Waals surface area contributed by atoms with Crippen molar-refractivity contribution in [3.05, 3.63) is 437 Å². The van der Waals surface area contributed by atoms with Gasteiger partial charge < -0.3 is 18.3 Å². The van der Waals surface area contributed by atoms with Crippen molar-refractivity contribution < 1.29 is 0 Å². The molecule has 0 spiro atoms. The molecule has 18 aromatic carbocycles. The standard InChI is InChI=1S/2C54H36N2/c1-3-14-37(15-4-1)39-18-11-19-40(32-39)42-21-13-22-45(34-42)55-52-27-10-8-25-48(52)50-35-43(29-31-53(50)55)44-28-30-49-47-24-7-9-26-51(47)56(54(49)36-44)46-23-12-20-41(33-46)38-16-5-2-6-17-38;1-3-15-37(16-4-1)39-19-13-21-43(33-39)56-51-27-11-9-25-47(51)49-31-29-41(36-54(49)56)40-30-32-53-50(35-40)48-26-10-12-28-52(48)55(53)44-22-14-20-42(34-44)46-24-8-7-23-45(46)38-17-5-2-6-18-38/h2*1-36H. The number of aromatic nitrogens is 4. The third-order valence-corrected chi connectivity index (χ3v) is 22.6. The van der Waals surface area contributed by atoms with Crippen molar-refractivity contribution in [3.8, 4) is 112 Å². The van der Waals surface area contributed by atoms with Crippen molar-refractivity contribution >= 4 is 87.2 Å². The van der Waals surface area contributed by atoms with Crippen molar-refractivity contribution in [2.45, 2.75) is 0 Å². The molecule has 0 amide bonds. The molecule has 0 bridgehead atoms. The molecule has 4 nitrogen and oxygen atoms in total. The van der Waals surface area contributed by atoms with Crippen LogP contribution in [0.5, 0.6) is 0 Å². The summed E-state index contributed by atoms with van der Waals surface area (Å²) in [5.74, 6) is 0. The molecule has 4 aromatic heterocycles. The van der Waals surface area contributed by atoms with E-state index >= 15 is 0 Å². The van der Waals surface area contributed by atoms with E-state index in [0.29, 0.717) is 0 Å². The minimum atomic E-state index is 1.15. The minimum Gasteiger partial charge on any atom is -0.309 e. The SMILES string of the molecule is c1ccc(-c2cccc(-c3cccc(-n4c5ccccc5c5cc(-c6ccc7c8ccccc8n(-c8cccc(-c9ccccc9)c8)c7c6)ccc54)c3)c2)cc1.c1ccc(-c2cccc(-n3c4ccccc4c4ccc(-c5ccc6c(c5)c5ccccc5n6-c5cccc(-c6ccccc6-c6ccccc6)c5)cc43)c2)cc1. The summed E-state index contributed by atoms with van der Waals surface area (Å²) >= 11 is 0. The number of hydrogen-bond acceptors (Lipinski definition) is 0. The third kappa shape index (κ3) is 11.6. The number of nitrogens with zero attached hydrogens (tertiary/aromatic N) is 4. The Labute approximate surface area is 649 Å². The van der Waals surface area contributed by atoms with Gasteiger partial charge >= 0.3 is 0 Å². The van der Waals surface area contributed by atoms with E-state index in [2.05, 4.69) is 455 Å². The average Bonchev–Trinajstić information content (AvgIpc) is 1.62. The number of hydrogen-bond donors (Lipinski definition) is 0.